The molecule has 1 heterocycles. The van der Waals surface area contributed by atoms with Gasteiger partial charge in [-0.2, -0.15) is 0 Å². The van der Waals surface area contributed by atoms with Gasteiger partial charge in [-0.1, -0.05) is 29.8 Å². The molecule has 8 heteroatoms. The Morgan fingerprint density at radius 3 is 2.88 bits per heavy atom. The van der Waals surface area contributed by atoms with Crippen molar-refractivity contribution >= 4 is 47.4 Å². The average Bonchev–Trinajstić information content (AvgIpc) is 2.58. The minimum Gasteiger partial charge on any atom is -0.386 e. The molecule has 26 heavy (non-hydrogen) atoms. The lowest BCUT2D eigenvalue weighted by Crippen LogP contribution is -2.47. The van der Waals surface area contributed by atoms with Crippen LogP contribution in [-0.2, 0) is 4.79 Å². The first-order chi connectivity index (χ1) is 12.0. The minimum atomic E-state index is -0.756. The van der Waals surface area contributed by atoms with Crippen molar-refractivity contribution in [1.29, 1.82) is 0 Å². The SMILES string of the molecule is CCNC(=NCC(O)c1ccccc1Cl)N1CCCC(CC(N)=O)C1.I. The molecular weight excluding hydrogens is 467 g/mol. The van der Waals surface area contributed by atoms with E-state index in [1.165, 1.54) is 0 Å². The van der Waals surface area contributed by atoms with Gasteiger partial charge in [0.15, 0.2) is 5.96 Å². The van der Waals surface area contributed by atoms with Crippen LogP contribution in [-0.4, -0.2) is 48.1 Å². The lowest BCUT2D eigenvalue weighted by Gasteiger charge is -2.34. The lowest BCUT2D eigenvalue weighted by molar-refractivity contribution is -0.119. The van der Waals surface area contributed by atoms with Crippen molar-refractivity contribution in [1.82, 2.24) is 10.2 Å². The van der Waals surface area contributed by atoms with E-state index < -0.39 is 6.10 Å². The molecule has 1 fully saturated rings. The van der Waals surface area contributed by atoms with Gasteiger partial charge in [0.1, 0.15) is 6.10 Å². The summed E-state index contributed by atoms with van der Waals surface area (Å²) in [5, 5.41) is 14.2. The fourth-order valence-electron chi connectivity index (χ4n) is 3.15. The summed E-state index contributed by atoms with van der Waals surface area (Å²) >= 11 is 6.13. The number of guanidine groups is 1. The van der Waals surface area contributed by atoms with Crippen LogP contribution in [0.1, 0.15) is 37.9 Å². The molecule has 146 valence electrons. The zero-order valence-electron chi connectivity index (χ0n) is 15.0. The fourth-order valence-corrected chi connectivity index (χ4v) is 3.41. The number of nitrogens with two attached hydrogens (primary N) is 1. The monoisotopic (exact) mass is 494 g/mol. The highest BCUT2D eigenvalue weighted by atomic mass is 127. The summed E-state index contributed by atoms with van der Waals surface area (Å²) in [6.07, 6.45) is 1.64. The van der Waals surface area contributed by atoms with Crippen LogP contribution in [0.5, 0.6) is 0 Å². The maximum Gasteiger partial charge on any atom is 0.217 e. The molecule has 1 aliphatic heterocycles. The number of carbonyl (C=O) groups excluding carboxylic acids is 1. The molecule has 1 saturated heterocycles. The number of likely N-dealkylation sites (tertiary alicyclic amines) is 1. The predicted molar refractivity (Wildman–Crippen MR) is 116 cm³/mol. The van der Waals surface area contributed by atoms with Gasteiger partial charge in [-0.15, -0.1) is 24.0 Å². The third kappa shape index (κ3) is 6.92. The van der Waals surface area contributed by atoms with E-state index in [0.717, 1.165) is 38.4 Å². The second-order valence-corrected chi connectivity index (χ2v) is 6.76. The highest BCUT2D eigenvalue weighted by Gasteiger charge is 2.23. The number of aliphatic hydroxyl groups is 1. The van der Waals surface area contributed by atoms with Gasteiger partial charge >= 0.3 is 0 Å². The van der Waals surface area contributed by atoms with E-state index in [1.54, 1.807) is 12.1 Å². The molecule has 0 aromatic heterocycles. The van der Waals surface area contributed by atoms with E-state index in [2.05, 4.69) is 15.2 Å². The summed E-state index contributed by atoms with van der Waals surface area (Å²) in [5.74, 6) is 0.745. The first kappa shape index (κ1) is 23.0. The van der Waals surface area contributed by atoms with Gasteiger partial charge in [-0.25, -0.2) is 0 Å². The van der Waals surface area contributed by atoms with Crippen LogP contribution in [0.25, 0.3) is 0 Å². The Morgan fingerprint density at radius 1 is 1.50 bits per heavy atom. The molecule has 2 rings (SSSR count). The minimum absolute atomic E-state index is 0. The number of amides is 1. The molecule has 6 nitrogen and oxygen atoms in total. The van der Waals surface area contributed by atoms with Gasteiger partial charge < -0.3 is 21.1 Å². The van der Waals surface area contributed by atoms with Crippen molar-refractivity contribution in [2.24, 2.45) is 16.6 Å². The quantitative estimate of drug-likeness (QED) is 0.322. The second-order valence-electron chi connectivity index (χ2n) is 6.36. The zero-order valence-corrected chi connectivity index (χ0v) is 18.1. The van der Waals surface area contributed by atoms with Crippen molar-refractivity contribution < 1.29 is 9.90 Å². The second kappa shape index (κ2) is 11.6. The maximum absolute atomic E-state index is 11.2. The number of carbonyl (C=O) groups is 1. The molecule has 1 aromatic rings. The molecule has 1 aliphatic rings. The van der Waals surface area contributed by atoms with E-state index >= 15 is 0 Å². The summed E-state index contributed by atoms with van der Waals surface area (Å²) in [6.45, 7) is 4.59. The van der Waals surface area contributed by atoms with Gasteiger partial charge in [0, 0.05) is 36.6 Å². The van der Waals surface area contributed by atoms with Gasteiger partial charge in [-0.05, 0) is 31.7 Å². The van der Waals surface area contributed by atoms with Crippen LogP contribution in [0.15, 0.2) is 29.3 Å². The number of rotatable bonds is 6. The third-order valence-electron chi connectivity index (χ3n) is 4.32. The van der Waals surface area contributed by atoms with Crippen LogP contribution < -0.4 is 11.1 Å². The standard InChI is InChI=1S/C18H27ClN4O2.HI/c1-2-21-18(23-9-5-6-13(12-23)10-17(20)25)22-11-16(24)14-7-3-4-8-15(14)19;/h3-4,7-8,13,16,24H,2,5-6,9-12H2,1H3,(H2,20,25)(H,21,22);1H. The van der Waals surface area contributed by atoms with Crippen molar-refractivity contribution in [2.75, 3.05) is 26.2 Å². The van der Waals surface area contributed by atoms with Crippen molar-refractivity contribution in [3.8, 4) is 0 Å². The number of hydrogen-bond acceptors (Lipinski definition) is 3. The molecular formula is C18H28ClIN4O2. The van der Waals surface area contributed by atoms with Crippen LogP contribution in [0.4, 0.5) is 0 Å². The Morgan fingerprint density at radius 2 is 2.23 bits per heavy atom. The van der Waals surface area contributed by atoms with Crippen LogP contribution in [0.2, 0.25) is 5.02 Å². The molecule has 0 bridgehead atoms. The molecule has 0 saturated carbocycles. The average molecular weight is 495 g/mol. The number of halogens is 2. The molecule has 0 aliphatic carbocycles. The van der Waals surface area contributed by atoms with Crippen molar-refractivity contribution in [2.45, 2.75) is 32.3 Å². The first-order valence-electron chi connectivity index (χ1n) is 8.75. The highest BCUT2D eigenvalue weighted by Crippen LogP contribution is 2.23. The predicted octanol–water partition coefficient (Wildman–Crippen LogP) is 2.54. The number of benzene rings is 1. The van der Waals surface area contributed by atoms with Crippen molar-refractivity contribution in [3.63, 3.8) is 0 Å². The Balaban J connectivity index is 0.00000338. The summed E-state index contributed by atoms with van der Waals surface area (Å²) in [7, 11) is 0. The van der Waals surface area contributed by atoms with Gasteiger partial charge in [-0.3, -0.25) is 9.79 Å². The molecule has 0 radical (unpaired) electrons. The normalized spacial score (nSPS) is 18.8. The number of aliphatic hydroxyl groups excluding tert-OH is 1. The number of primary amides is 1. The Hall–Kier alpha value is -1.06. The highest BCUT2D eigenvalue weighted by molar-refractivity contribution is 14.0. The Bertz CT molecular complexity index is 615. The Kier molecular flexibility index (Phi) is 10.3. The first-order valence-corrected chi connectivity index (χ1v) is 9.13. The van der Waals surface area contributed by atoms with E-state index in [4.69, 9.17) is 17.3 Å². The summed E-state index contributed by atoms with van der Waals surface area (Å²) in [6, 6.07) is 7.24. The van der Waals surface area contributed by atoms with E-state index in [1.807, 2.05) is 19.1 Å². The smallest absolute Gasteiger partial charge is 0.217 e. The van der Waals surface area contributed by atoms with E-state index in [-0.39, 0.29) is 42.3 Å². The van der Waals surface area contributed by atoms with Crippen LogP contribution in [0, 0.1) is 5.92 Å². The Labute approximate surface area is 177 Å². The van der Waals surface area contributed by atoms with E-state index in [0.29, 0.717) is 17.0 Å². The molecule has 1 aromatic carbocycles. The third-order valence-corrected chi connectivity index (χ3v) is 4.67. The van der Waals surface area contributed by atoms with Gasteiger partial charge in [0.05, 0.1) is 6.54 Å². The maximum atomic E-state index is 11.2. The van der Waals surface area contributed by atoms with Gasteiger partial charge in [0.2, 0.25) is 5.91 Å². The fraction of sp³-hybridized carbons (Fsp3) is 0.556. The number of hydrogen-bond donors (Lipinski definition) is 3. The van der Waals surface area contributed by atoms with Crippen LogP contribution in [0.3, 0.4) is 0 Å². The van der Waals surface area contributed by atoms with E-state index in [9.17, 15) is 9.90 Å². The summed E-state index contributed by atoms with van der Waals surface area (Å²) < 4.78 is 0. The number of nitrogens with zero attached hydrogens (tertiary/aromatic N) is 2. The zero-order chi connectivity index (χ0) is 18.2. The molecule has 2 atom stereocenters. The number of nitrogens with one attached hydrogen (secondary N) is 1. The largest absolute Gasteiger partial charge is 0.386 e. The van der Waals surface area contributed by atoms with Crippen molar-refractivity contribution in [3.05, 3.63) is 34.9 Å². The number of piperidine rings is 1. The lowest BCUT2D eigenvalue weighted by atomic mass is 9.95. The molecule has 4 N–H and O–H groups in total. The molecule has 0 spiro atoms. The summed E-state index contributed by atoms with van der Waals surface area (Å²) in [4.78, 5) is 17.9. The molecule has 2 unspecified atom stereocenters. The molecule has 1 amide bonds. The number of aliphatic imine (C=N–C) groups is 1. The van der Waals surface area contributed by atoms with Crippen LogP contribution >= 0.6 is 35.6 Å². The summed E-state index contributed by atoms with van der Waals surface area (Å²) in [5.41, 5.74) is 6.01. The van der Waals surface area contributed by atoms with Gasteiger partial charge in [0.25, 0.3) is 0 Å². The topological polar surface area (TPSA) is 91.0 Å².